The van der Waals surface area contributed by atoms with Crippen LogP contribution in [0.2, 0.25) is 0 Å². The molecular formula is C13H16BrClN4OS. The number of aromatic nitrogens is 2. The van der Waals surface area contributed by atoms with Gasteiger partial charge >= 0.3 is 0 Å². The number of nitrogens with zero attached hydrogens (tertiary/aromatic N) is 2. The number of hydrogen-bond donors (Lipinski definition) is 2. The Hall–Kier alpha value is -0.890. The summed E-state index contributed by atoms with van der Waals surface area (Å²) in [5.41, 5.74) is 7.64. The number of thiazole rings is 1. The van der Waals surface area contributed by atoms with Crippen LogP contribution in [0, 0.1) is 0 Å². The van der Waals surface area contributed by atoms with Crippen molar-refractivity contribution in [3.63, 3.8) is 0 Å². The van der Waals surface area contributed by atoms with Crippen LogP contribution in [-0.4, -0.2) is 21.5 Å². The second kappa shape index (κ2) is 6.48. The number of nitrogens with one attached hydrogen (secondary N) is 1. The predicted octanol–water partition coefficient (Wildman–Crippen LogP) is 2.73. The molecule has 0 bridgehead atoms. The van der Waals surface area contributed by atoms with Crippen molar-refractivity contribution in [2.75, 3.05) is 5.32 Å². The van der Waals surface area contributed by atoms with Gasteiger partial charge in [-0.2, -0.15) is 0 Å². The second-order valence-corrected chi connectivity index (χ2v) is 7.00. The predicted molar refractivity (Wildman–Crippen MR) is 90.4 cm³/mol. The molecule has 0 saturated heterocycles. The van der Waals surface area contributed by atoms with Gasteiger partial charge in [-0.1, -0.05) is 0 Å². The maximum Gasteiger partial charge on any atom is 0.274 e. The molecule has 0 radical (unpaired) electrons. The summed E-state index contributed by atoms with van der Waals surface area (Å²) >= 11 is 4.89. The van der Waals surface area contributed by atoms with Gasteiger partial charge in [0.05, 0.1) is 5.69 Å². The summed E-state index contributed by atoms with van der Waals surface area (Å²) < 4.78 is 2.66. The normalized spacial score (nSPS) is 17.0. The van der Waals surface area contributed by atoms with Gasteiger partial charge in [0.1, 0.15) is 5.69 Å². The van der Waals surface area contributed by atoms with Crippen molar-refractivity contribution in [3.8, 4) is 0 Å². The van der Waals surface area contributed by atoms with Crippen LogP contribution in [0.3, 0.4) is 0 Å². The van der Waals surface area contributed by atoms with Crippen LogP contribution in [0.1, 0.15) is 27.5 Å². The molecule has 0 fully saturated rings. The number of rotatable bonds is 2. The lowest BCUT2D eigenvalue weighted by molar-refractivity contribution is 0.101. The minimum atomic E-state index is -0.145. The molecule has 8 heteroatoms. The fraction of sp³-hybridized carbons (Fsp3) is 0.385. The van der Waals surface area contributed by atoms with E-state index in [0.29, 0.717) is 10.8 Å². The Kier molecular flexibility index (Phi) is 5.08. The number of nitrogens with two attached hydrogens (primary N) is 1. The number of aryl methyl sites for hydroxylation is 2. The van der Waals surface area contributed by atoms with Crippen molar-refractivity contribution in [1.82, 2.24) is 9.55 Å². The van der Waals surface area contributed by atoms with E-state index in [1.165, 1.54) is 16.2 Å². The Balaban J connectivity index is 0.00000161. The third-order valence-corrected chi connectivity index (χ3v) is 4.87. The van der Waals surface area contributed by atoms with E-state index < -0.39 is 0 Å². The van der Waals surface area contributed by atoms with Gasteiger partial charge in [-0.05, 0) is 41.3 Å². The lowest BCUT2D eigenvalue weighted by Gasteiger charge is -2.15. The number of amides is 1. The average molecular weight is 392 g/mol. The summed E-state index contributed by atoms with van der Waals surface area (Å²) in [6, 6.07) is 2.01. The molecule has 3 rings (SSSR count). The summed E-state index contributed by atoms with van der Waals surface area (Å²) in [5, 5.41) is 3.53. The fourth-order valence-electron chi connectivity index (χ4n) is 2.37. The zero-order chi connectivity index (χ0) is 14.3. The maximum atomic E-state index is 12.2. The summed E-state index contributed by atoms with van der Waals surface area (Å²) in [4.78, 5) is 17.9. The number of fused-ring (bicyclic) bond motifs is 1. The SMILES string of the molecule is Cl.Cn1cc(Br)cc1C(=O)Nc1nc2c(s1)C[C@@H](N)CC2. The summed E-state index contributed by atoms with van der Waals surface area (Å²) in [5.74, 6) is -0.145. The van der Waals surface area contributed by atoms with Crippen molar-refractivity contribution in [1.29, 1.82) is 0 Å². The van der Waals surface area contributed by atoms with Crippen LogP contribution in [-0.2, 0) is 19.9 Å². The summed E-state index contributed by atoms with van der Waals surface area (Å²) in [7, 11) is 1.84. The minimum absolute atomic E-state index is 0. The highest BCUT2D eigenvalue weighted by Crippen LogP contribution is 2.29. The summed E-state index contributed by atoms with van der Waals surface area (Å²) in [6.07, 6.45) is 4.58. The highest BCUT2D eigenvalue weighted by Gasteiger charge is 2.21. The van der Waals surface area contributed by atoms with E-state index >= 15 is 0 Å². The Bertz CT molecular complexity index is 669. The maximum absolute atomic E-state index is 12.2. The van der Waals surface area contributed by atoms with E-state index in [4.69, 9.17) is 5.73 Å². The van der Waals surface area contributed by atoms with Gasteiger partial charge in [0, 0.05) is 28.6 Å². The molecule has 0 saturated carbocycles. The highest BCUT2D eigenvalue weighted by atomic mass is 79.9. The molecule has 1 amide bonds. The van der Waals surface area contributed by atoms with Crippen LogP contribution in [0.15, 0.2) is 16.7 Å². The molecular weight excluding hydrogens is 376 g/mol. The van der Waals surface area contributed by atoms with E-state index in [1.54, 1.807) is 10.6 Å². The Morgan fingerprint density at radius 2 is 2.38 bits per heavy atom. The Labute approximate surface area is 141 Å². The Morgan fingerprint density at radius 3 is 3.05 bits per heavy atom. The van der Waals surface area contributed by atoms with Crippen LogP contribution >= 0.6 is 39.7 Å². The molecule has 1 atom stereocenters. The standard InChI is InChI=1S/C13H15BrN4OS.ClH/c1-18-6-7(14)4-10(18)12(19)17-13-16-9-3-2-8(15)5-11(9)20-13;/h4,6,8H,2-3,5,15H2,1H3,(H,16,17,19);1H/t8-;/m0./s1. The van der Waals surface area contributed by atoms with Crippen LogP contribution < -0.4 is 11.1 Å². The molecule has 3 N–H and O–H groups in total. The summed E-state index contributed by atoms with van der Waals surface area (Å²) in [6.45, 7) is 0. The second-order valence-electron chi connectivity index (χ2n) is 5.00. The lowest BCUT2D eigenvalue weighted by atomic mass is 9.99. The number of carbonyl (C=O) groups is 1. The molecule has 2 aromatic rings. The Morgan fingerprint density at radius 1 is 1.62 bits per heavy atom. The molecule has 0 aliphatic heterocycles. The zero-order valence-electron chi connectivity index (χ0n) is 11.4. The van der Waals surface area contributed by atoms with Crippen molar-refractivity contribution in [2.45, 2.75) is 25.3 Å². The van der Waals surface area contributed by atoms with Gasteiger partial charge in [0.15, 0.2) is 5.13 Å². The van der Waals surface area contributed by atoms with E-state index in [-0.39, 0.29) is 24.4 Å². The smallest absolute Gasteiger partial charge is 0.274 e. The third kappa shape index (κ3) is 3.48. The van der Waals surface area contributed by atoms with E-state index in [2.05, 4.69) is 26.2 Å². The number of hydrogen-bond acceptors (Lipinski definition) is 4. The average Bonchev–Trinajstić information content (AvgIpc) is 2.91. The molecule has 114 valence electrons. The van der Waals surface area contributed by atoms with Crippen molar-refractivity contribution in [2.24, 2.45) is 12.8 Å². The van der Waals surface area contributed by atoms with Gasteiger partial charge in [-0.25, -0.2) is 4.98 Å². The molecule has 2 heterocycles. The molecule has 0 spiro atoms. The molecule has 0 unspecified atom stereocenters. The van der Waals surface area contributed by atoms with Gasteiger partial charge in [0.2, 0.25) is 0 Å². The first-order chi connectivity index (χ1) is 9.52. The van der Waals surface area contributed by atoms with Gasteiger partial charge < -0.3 is 10.3 Å². The van der Waals surface area contributed by atoms with Crippen LogP contribution in [0.25, 0.3) is 0 Å². The van der Waals surface area contributed by atoms with Crippen LogP contribution in [0.4, 0.5) is 5.13 Å². The monoisotopic (exact) mass is 390 g/mol. The quantitative estimate of drug-likeness (QED) is 0.827. The molecule has 21 heavy (non-hydrogen) atoms. The first-order valence-corrected chi connectivity index (χ1v) is 8.01. The van der Waals surface area contributed by atoms with Crippen molar-refractivity contribution in [3.05, 3.63) is 33.0 Å². The first kappa shape index (κ1) is 16.5. The largest absolute Gasteiger partial charge is 0.345 e. The van der Waals surface area contributed by atoms with Crippen LogP contribution in [0.5, 0.6) is 0 Å². The van der Waals surface area contributed by atoms with E-state index in [1.807, 2.05) is 13.2 Å². The minimum Gasteiger partial charge on any atom is -0.345 e. The molecule has 2 aromatic heterocycles. The van der Waals surface area contributed by atoms with Crippen molar-refractivity contribution < 1.29 is 4.79 Å². The first-order valence-electron chi connectivity index (χ1n) is 6.40. The number of halogens is 2. The van der Waals surface area contributed by atoms with E-state index in [0.717, 1.165) is 29.4 Å². The van der Waals surface area contributed by atoms with Gasteiger partial charge in [-0.3, -0.25) is 10.1 Å². The molecule has 5 nitrogen and oxygen atoms in total. The molecule has 1 aliphatic rings. The van der Waals surface area contributed by atoms with Gasteiger partial charge in [-0.15, -0.1) is 23.7 Å². The number of anilines is 1. The molecule has 1 aliphatic carbocycles. The third-order valence-electron chi connectivity index (χ3n) is 3.40. The van der Waals surface area contributed by atoms with Crippen molar-refractivity contribution >= 4 is 50.7 Å². The number of carbonyl (C=O) groups excluding carboxylic acids is 1. The topological polar surface area (TPSA) is 72.9 Å². The fourth-order valence-corrected chi connectivity index (χ4v) is 3.98. The lowest BCUT2D eigenvalue weighted by Crippen LogP contribution is -2.27. The highest BCUT2D eigenvalue weighted by molar-refractivity contribution is 9.10. The van der Waals surface area contributed by atoms with Gasteiger partial charge in [0.25, 0.3) is 5.91 Å². The zero-order valence-corrected chi connectivity index (χ0v) is 14.6. The van der Waals surface area contributed by atoms with E-state index in [9.17, 15) is 4.79 Å². The molecule has 0 aromatic carbocycles.